The molecule has 4 atom stereocenters. The average molecular weight is 620 g/mol. The van der Waals surface area contributed by atoms with Crippen molar-refractivity contribution in [3.05, 3.63) is 95.4 Å². The maximum Gasteiger partial charge on any atom is 0.220 e. The highest BCUT2D eigenvalue weighted by Gasteiger charge is 2.43. The fourth-order valence-electron chi connectivity index (χ4n) is 8.36. The number of aliphatic hydroxyl groups is 1. The van der Waals surface area contributed by atoms with Crippen LogP contribution in [0.5, 0.6) is 0 Å². The molecule has 0 aromatic heterocycles. The summed E-state index contributed by atoms with van der Waals surface area (Å²) in [6.45, 7) is 8.33. The number of piperidine rings is 1. The van der Waals surface area contributed by atoms with Gasteiger partial charge in [-0.3, -0.25) is 4.90 Å². The number of likely N-dealkylation sites (tertiary alicyclic amines) is 2. The summed E-state index contributed by atoms with van der Waals surface area (Å²) in [5.41, 5.74) is 2.27. The van der Waals surface area contributed by atoms with E-state index in [-0.39, 0.29) is 6.04 Å². The Balaban J connectivity index is 1.06. The molecule has 2 aromatic rings. The predicted molar refractivity (Wildman–Crippen MR) is 175 cm³/mol. The third kappa shape index (κ3) is 7.98. The Morgan fingerprint density at radius 3 is 2.42 bits per heavy atom. The van der Waals surface area contributed by atoms with Crippen LogP contribution >= 0.6 is 0 Å². The van der Waals surface area contributed by atoms with Crippen molar-refractivity contribution in [1.29, 1.82) is 0 Å². The lowest BCUT2D eigenvalue weighted by Gasteiger charge is -2.41. The SMILES string of the molecule is CCN(CCCc1ccc(F)c(F)c1)C1CCN(/C=C/C2CN([C@@H](C3=CC(O)O3)C3CCCCC3)C[C@@H]2c2ccccc2)CC1. The maximum atomic E-state index is 13.6. The fourth-order valence-corrected chi connectivity index (χ4v) is 8.36. The summed E-state index contributed by atoms with van der Waals surface area (Å²) in [4.78, 5) is 7.73. The Bertz CT molecular complexity index is 1290. The first-order valence-electron chi connectivity index (χ1n) is 17.4. The summed E-state index contributed by atoms with van der Waals surface area (Å²) < 4.78 is 32.7. The molecule has 1 aliphatic carbocycles. The Kier molecular flexibility index (Phi) is 10.9. The van der Waals surface area contributed by atoms with E-state index in [1.54, 1.807) is 6.07 Å². The molecule has 3 heterocycles. The molecule has 45 heavy (non-hydrogen) atoms. The molecule has 5 nitrogen and oxygen atoms in total. The molecule has 7 heteroatoms. The largest absolute Gasteiger partial charge is 0.464 e. The van der Waals surface area contributed by atoms with Crippen LogP contribution in [0.2, 0.25) is 0 Å². The van der Waals surface area contributed by atoms with Crippen LogP contribution in [0.1, 0.15) is 75.3 Å². The van der Waals surface area contributed by atoms with Gasteiger partial charge in [-0.05, 0) is 92.9 Å². The minimum Gasteiger partial charge on any atom is -0.464 e. The molecule has 6 rings (SSSR count). The minimum absolute atomic E-state index is 0.260. The molecule has 3 fully saturated rings. The summed E-state index contributed by atoms with van der Waals surface area (Å²) >= 11 is 0. The second kappa shape index (κ2) is 15.2. The van der Waals surface area contributed by atoms with E-state index >= 15 is 0 Å². The van der Waals surface area contributed by atoms with Crippen LogP contribution < -0.4 is 0 Å². The maximum absolute atomic E-state index is 13.6. The van der Waals surface area contributed by atoms with Crippen LogP contribution in [0.15, 0.2) is 72.6 Å². The van der Waals surface area contributed by atoms with E-state index in [0.29, 0.717) is 23.8 Å². The van der Waals surface area contributed by atoms with Gasteiger partial charge in [-0.15, -0.1) is 0 Å². The number of hydrogen-bond donors (Lipinski definition) is 1. The van der Waals surface area contributed by atoms with Gasteiger partial charge in [-0.1, -0.05) is 68.7 Å². The van der Waals surface area contributed by atoms with Gasteiger partial charge in [0.1, 0.15) is 5.76 Å². The number of ether oxygens (including phenoxy) is 1. The highest BCUT2D eigenvalue weighted by molar-refractivity contribution is 5.26. The standard InChI is InChI=1S/C38H51F2N3O2/c1-2-42(20-9-10-28-15-16-34(39)35(40)24-28)32-18-22-41(23-19-32)21-17-31-26-43(27-33(31)29-11-5-3-6-12-29)38(36-25-37(44)45-36)30-13-7-4-8-14-30/h3,5-6,11-12,15-17,21,24-25,30-33,37-38,44H,2,4,7-10,13-14,18-20,22-23,26-27H2,1H3/b21-17+/t31?,33-,37?,38-/m1/s1. The number of aryl methyl sites for hydroxylation is 1. The lowest BCUT2D eigenvalue weighted by molar-refractivity contribution is -0.0882. The zero-order chi connectivity index (χ0) is 31.2. The summed E-state index contributed by atoms with van der Waals surface area (Å²) in [6.07, 6.45) is 16.4. The van der Waals surface area contributed by atoms with E-state index in [2.05, 4.69) is 64.2 Å². The van der Waals surface area contributed by atoms with Gasteiger partial charge in [0.2, 0.25) is 6.29 Å². The number of halogens is 2. The van der Waals surface area contributed by atoms with Gasteiger partial charge in [0.15, 0.2) is 11.6 Å². The smallest absolute Gasteiger partial charge is 0.220 e. The number of aliphatic hydroxyl groups excluding tert-OH is 1. The zero-order valence-corrected chi connectivity index (χ0v) is 26.9. The second-order valence-corrected chi connectivity index (χ2v) is 13.6. The summed E-state index contributed by atoms with van der Waals surface area (Å²) in [5.74, 6) is 0.898. The fraction of sp³-hybridized carbons (Fsp3) is 0.579. The van der Waals surface area contributed by atoms with E-state index in [4.69, 9.17) is 4.74 Å². The van der Waals surface area contributed by atoms with Crippen molar-refractivity contribution in [3.8, 4) is 0 Å². The number of hydrogen-bond acceptors (Lipinski definition) is 5. The first-order chi connectivity index (χ1) is 22.0. The minimum atomic E-state index is -0.777. The van der Waals surface area contributed by atoms with Crippen molar-refractivity contribution in [2.45, 2.75) is 89.0 Å². The van der Waals surface area contributed by atoms with Crippen molar-refractivity contribution in [2.75, 3.05) is 39.3 Å². The molecule has 1 saturated carbocycles. The molecule has 4 aliphatic rings. The highest BCUT2D eigenvalue weighted by atomic mass is 19.2. The van der Waals surface area contributed by atoms with Crippen molar-refractivity contribution >= 4 is 0 Å². The Morgan fingerprint density at radius 1 is 0.978 bits per heavy atom. The van der Waals surface area contributed by atoms with E-state index in [9.17, 15) is 13.9 Å². The molecule has 1 N–H and O–H groups in total. The topological polar surface area (TPSA) is 39.2 Å². The average Bonchev–Trinajstić information content (AvgIpc) is 3.48. The van der Waals surface area contributed by atoms with Crippen LogP contribution in [-0.2, 0) is 11.2 Å². The summed E-state index contributed by atoms with van der Waals surface area (Å²) in [6, 6.07) is 16.1. The first-order valence-corrected chi connectivity index (χ1v) is 17.4. The third-order valence-corrected chi connectivity index (χ3v) is 10.8. The molecular formula is C38H51F2N3O2. The van der Waals surface area contributed by atoms with Gasteiger partial charge in [0.25, 0.3) is 0 Å². The third-order valence-electron chi connectivity index (χ3n) is 10.8. The molecule has 3 aliphatic heterocycles. The zero-order valence-electron chi connectivity index (χ0n) is 26.9. The molecule has 0 bridgehead atoms. The lowest BCUT2D eigenvalue weighted by atomic mass is 9.81. The lowest BCUT2D eigenvalue weighted by Crippen LogP contribution is -2.45. The summed E-state index contributed by atoms with van der Waals surface area (Å²) in [7, 11) is 0. The van der Waals surface area contributed by atoms with E-state index in [0.717, 1.165) is 76.3 Å². The number of nitrogens with zero attached hydrogens (tertiary/aromatic N) is 3. The van der Waals surface area contributed by atoms with Gasteiger partial charge >= 0.3 is 0 Å². The molecule has 2 unspecified atom stereocenters. The van der Waals surface area contributed by atoms with E-state index < -0.39 is 17.9 Å². The molecule has 2 saturated heterocycles. The molecule has 244 valence electrons. The van der Waals surface area contributed by atoms with Crippen LogP contribution in [-0.4, -0.2) is 77.4 Å². The van der Waals surface area contributed by atoms with Crippen LogP contribution in [0, 0.1) is 23.5 Å². The Labute approximate surface area is 268 Å². The molecular weight excluding hydrogens is 568 g/mol. The van der Waals surface area contributed by atoms with Gasteiger partial charge in [0.05, 0.1) is 6.04 Å². The Hall–Kier alpha value is -2.74. The molecule has 0 amide bonds. The Morgan fingerprint density at radius 2 is 1.73 bits per heavy atom. The monoisotopic (exact) mass is 619 g/mol. The van der Waals surface area contributed by atoms with Gasteiger partial charge in [0, 0.05) is 44.2 Å². The predicted octanol–water partition coefficient (Wildman–Crippen LogP) is 7.09. The highest BCUT2D eigenvalue weighted by Crippen LogP contribution is 2.42. The van der Waals surface area contributed by atoms with Gasteiger partial charge < -0.3 is 19.6 Å². The van der Waals surface area contributed by atoms with E-state index in [1.807, 2.05) is 6.08 Å². The van der Waals surface area contributed by atoms with E-state index in [1.165, 1.54) is 49.8 Å². The molecule has 2 aromatic carbocycles. The normalized spacial score (nSPS) is 25.8. The molecule has 0 spiro atoms. The summed E-state index contributed by atoms with van der Waals surface area (Å²) in [5, 5.41) is 9.93. The van der Waals surface area contributed by atoms with Crippen molar-refractivity contribution < 1.29 is 18.6 Å². The number of benzene rings is 2. The van der Waals surface area contributed by atoms with Gasteiger partial charge in [-0.2, -0.15) is 0 Å². The second-order valence-electron chi connectivity index (χ2n) is 13.6. The van der Waals surface area contributed by atoms with Crippen molar-refractivity contribution in [2.24, 2.45) is 11.8 Å². The van der Waals surface area contributed by atoms with Crippen LogP contribution in [0.3, 0.4) is 0 Å². The van der Waals surface area contributed by atoms with Gasteiger partial charge in [-0.25, -0.2) is 8.78 Å². The van der Waals surface area contributed by atoms with Crippen LogP contribution in [0.25, 0.3) is 0 Å². The molecule has 0 radical (unpaired) electrons. The van der Waals surface area contributed by atoms with Crippen molar-refractivity contribution in [3.63, 3.8) is 0 Å². The first kappa shape index (κ1) is 32.2. The number of rotatable bonds is 12. The quantitative estimate of drug-likeness (QED) is 0.275. The van der Waals surface area contributed by atoms with Crippen molar-refractivity contribution in [1.82, 2.24) is 14.7 Å². The van der Waals surface area contributed by atoms with Crippen LogP contribution in [0.4, 0.5) is 8.78 Å².